The molecule has 0 heterocycles. The molecule has 1 rings (SSSR count). The van der Waals surface area contributed by atoms with Gasteiger partial charge in [0, 0.05) is 0 Å². The minimum atomic E-state index is 0.487. The molecular weight excluding hydrogens is 144 g/mol. The van der Waals surface area contributed by atoms with Gasteiger partial charge in [-0.25, -0.2) is 0 Å². The molecule has 0 radical (unpaired) electrons. The van der Waals surface area contributed by atoms with Crippen molar-refractivity contribution in [2.45, 2.75) is 54.9 Å². The van der Waals surface area contributed by atoms with Crippen LogP contribution in [0.1, 0.15) is 54.9 Å². The van der Waals surface area contributed by atoms with Gasteiger partial charge in [-0.2, -0.15) is 0 Å². The summed E-state index contributed by atoms with van der Waals surface area (Å²) in [6.07, 6.45) is 1.32. The highest BCUT2D eigenvalue weighted by molar-refractivity contribution is 5.13. The largest absolute Gasteiger partial charge is 0.0651 e. The lowest BCUT2D eigenvalue weighted by Crippen LogP contribution is -2.65. The summed E-state index contributed by atoms with van der Waals surface area (Å²) in [5.41, 5.74) is 1.52. The lowest BCUT2D eigenvalue weighted by atomic mass is 9.34. The normalized spacial score (nSPS) is 31.2. The average Bonchev–Trinajstić information content (AvgIpc) is 1.86. The highest BCUT2D eigenvalue weighted by Gasteiger charge is 2.65. The second-order valence-electron chi connectivity index (χ2n) is 6.03. The van der Waals surface area contributed by atoms with Crippen LogP contribution in [0.4, 0.5) is 0 Å². The van der Waals surface area contributed by atoms with Crippen molar-refractivity contribution in [2.75, 3.05) is 0 Å². The number of hydrogen-bond acceptors (Lipinski definition) is 0. The molecule has 1 aliphatic rings. The Balaban J connectivity index is 2.98. The van der Waals surface area contributed by atoms with Crippen LogP contribution in [0.5, 0.6) is 0 Å². The maximum atomic E-state index is 2.42. The first-order valence-electron chi connectivity index (χ1n) is 5.19. The first-order chi connectivity index (χ1) is 5.19. The smallest absolute Gasteiger partial charge is 0.0246 e. The number of rotatable bonds is 1. The molecule has 0 saturated heterocycles. The molecule has 0 nitrogen and oxygen atoms in total. The summed E-state index contributed by atoms with van der Waals surface area (Å²) < 4.78 is 0. The summed E-state index contributed by atoms with van der Waals surface area (Å²) in [6.45, 7) is 16.8. The van der Waals surface area contributed by atoms with E-state index in [1.165, 1.54) is 6.42 Å². The van der Waals surface area contributed by atoms with Crippen LogP contribution in [0, 0.1) is 22.2 Å². The molecule has 0 heteroatoms. The summed E-state index contributed by atoms with van der Waals surface area (Å²) >= 11 is 0. The van der Waals surface area contributed by atoms with Gasteiger partial charge < -0.3 is 0 Å². The maximum Gasteiger partial charge on any atom is -0.0246 e. The molecule has 0 aromatic rings. The molecule has 72 valence electrons. The Morgan fingerprint density at radius 1 is 0.833 bits per heavy atom. The fourth-order valence-corrected chi connectivity index (χ4v) is 3.55. The van der Waals surface area contributed by atoms with Crippen LogP contribution in [0.3, 0.4) is 0 Å². The number of hydrogen-bond donors (Lipinski definition) is 0. The Hall–Kier alpha value is 0. The van der Waals surface area contributed by atoms with Crippen LogP contribution in [0.25, 0.3) is 0 Å². The molecule has 0 unspecified atom stereocenters. The SMILES string of the molecule is CCC1C(C)(C)C(C)(C)C1(C)C. The molecule has 0 atom stereocenters. The van der Waals surface area contributed by atoms with Crippen LogP contribution in [0.15, 0.2) is 0 Å². The Bertz CT molecular complexity index is 166. The van der Waals surface area contributed by atoms with Crippen molar-refractivity contribution in [2.24, 2.45) is 22.2 Å². The van der Waals surface area contributed by atoms with E-state index >= 15 is 0 Å². The molecule has 1 fully saturated rings. The van der Waals surface area contributed by atoms with E-state index in [9.17, 15) is 0 Å². The first-order valence-corrected chi connectivity index (χ1v) is 5.19. The summed E-state index contributed by atoms with van der Waals surface area (Å²) in [7, 11) is 0. The lowest BCUT2D eigenvalue weighted by Gasteiger charge is -2.71. The molecule has 0 N–H and O–H groups in total. The van der Waals surface area contributed by atoms with E-state index in [0.717, 1.165) is 5.92 Å². The monoisotopic (exact) mass is 168 g/mol. The average molecular weight is 168 g/mol. The van der Waals surface area contributed by atoms with E-state index in [-0.39, 0.29) is 0 Å². The Morgan fingerprint density at radius 3 is 1.33 bits per heavy atom. The molecule has 0 aromatic carbocycles. The lowest BCUT2D eigenvalue weighted by molar-refractivity contribution is -0.227. The molecule has 0 bridgehead atoms. The van der Waals surface area contributed by atoms with E-state index < -0.39 is 0 Å². The van der Waals surface area contributed by atoms with Crippen molar-refractivity contribution in [1.29, 1.82) is 0 Å². The van der Waals surface area contributed by atoms with Crippen LogP contribution < -0.4 is 0 Å². The van der Waals surface area contributed by atoms with Gasteiger partial charge in [-0.3, -0.25) is 0 Å². The first kappa shape index (κ1) is 10.1. The molecule has 12 heavy (non-hydrogen) atoms. The molecule has 0 aliphatic heterocycles. The van der Waals surface area contributed by atoms with Gasteiger partial charge in [0.1, 0.15) is 0 Å². The molecule has 0 spiro atoms. The van der Waals surface area contributed by atoms with Gasteiger partial charge >= 0.3 is 0 Å². The van der Waals surface area contributed by atoms with Crippen molar-refractivity contribution in [3.8, 4) is 0 Å². The van der Waals surface area contributed by atoms with Gasteiger partial charge in [0.2, 0.25) is 0 Å². The molecule has 1 saturated carbocycles. The van der Waals surface area contributed by atoms with E-state index in [1.807, 2.05) is 0 Å². The fraction of sp³-hybridized carbons (Fsp3) is 1.00. The second kappa shape index (κ2) is 2.27. The van der Waals surface area contributed by atoms with Gasteiger partial charge in [-0.05, 0) is 22.2 Å². The fourth-order valence-electron chi connectivity index (χ4n) is 3.55. The second-order valence-corrected chi connectivity index (χ2v) is 6.03. The summed E-state index contributed by atoms with van der Waals surface area (Å²) in [4.78, 5) is 0. The highest BCUT2D eigenvalue weighted by atomic mass is 14.7. The van der Waals surface area contributed by atoms with Crippen LogP contribution >= 0.6 is 0 Å². The third kappa shape index (κ3) is 0.791. The summed E-state index contributed by atoms with van der Waals surface area (Å²) in [5.74, 6) is 0.889. The minimum absolute atomic E-state index is 0.487. The van der Waals surface area contributed by atoms with Gasteiger partial charge in [-0.15, -0.1) is 0 Å². The zero-order chi connectivity index (χ0) is 9.78. The van der Waals surface area contributed by atoms with Crippen molar-refractivity contribution in [3.63, 3.8) is 0 Å². The van der Waals surface area contributed by atoms with Crippen molar-refractivity contribution >= 4 is 0 Å². The van der Waals surface area contributed by atoms with Crippen LogP contribution in [-0.2, 0) is 0 Å². The Morgan fingerprint density at radius 2 is 1.17 bits per heavy atom. The molecule has 0 aromatic heterocycles. The summed E-state index contributed by atoms with van der Waals surface area (Å²) in [6, 6.07) is 0. The van der Waals surface area contributed by atoms with Crippen molar-refractivity contribution < 1.29 is 0 Å². The van der Waals surface area contributed by atoms with Gasteiger partial charge in [-0.1, -0.05) is 54.9 Å². The minimum Gasteiger partial charge on any atom is -0.0651 e. The quantitative estimate of drug-likeness (QED) is 0.553. The van der Waals surface area contributed by atoms with Crippen molar-refractivity contribution in [1.82, 2.24) is 0 Å². The van der Waals surface area contributed by atoms with E-state index in [4.69, 9.17) is 0 Å². The third-order valence-electron chi connectivity index (χ3n) is 5.37. The van der Waals surface area contributed by atoms with Gasteiger partial charge in [0.15, 0.2) is 0 Å². The predicted molar refractivity (Wildman–Crippen MR) is 55.1 cm³/mol. The van der Waals surface area contributed by atoms with E-state index in [1.54, 1.807) is 0 Å². The summed E-state index contributed by atoms with van der Waals surface area (Å²) in [5, 5.41) is 0. The standard InChI is InChI=1S/C12H24/c1-8-9-10(2,3)12(6,7)11(9,4)5/h9H,8H2,1-7H3. The highest BCUT2D eigenvalue weighted by Crippen LogP contribution is 2.71. The van der Waals surface area contributed by atoms with E-state index in [2.05, 4.69) is 48.5 Å². The zero-order valence-corrected chi connectivity index (χ0v) is 9.78. The molecular formula is C12H24. The topological polar surface area (TPSA) is 0 Å². The Kier molecular flexibility index (Phi) is 1.91. The predicted octanol–water partition coefficient (Wildman–Crippen LogP) is 4.10. The van der Waals surface area contributed by atoms with Gasteiger partial charge in [0.25, 0.3) is 0 Å². The molecule has 0 amide bonds. The molecule has 1 aliphatic carbocycles. The van der Waals surface area contributed by atoms with Crippen molar-refractivity contribution in [3.05, 3.63) is 0 Å². The van der Waals surface area contributed by atoms with Crippen LogP contribution in [0.2, 0.25) is 0 Å². The van der Waals surface area contributed by atoms with E-state index in [0.29, 0.717) is 16.2 Å². The maximum absolute atomic E-state index is 2.42. The zero-order valence-electron chi connectivity index (χ0n) is 9.78. The van der Waals surface area contributed by atoms with Gasteiger partial charge in [0.05, 0.1) is 0 Å². The van der Waals surface area contributed by atoms with Crippen LogP contribution in [-0.4, -0.2) is 0 Å². The third-order valence-corrected chi connectivity index (χ3v) is 5.37. The Labute approximate surface area is 77.7 Å².